The molecule has 0 fully saturated rings. The molecule has 4 nitrogen and oxygen atoms in total. The second-order valence-corrected chi connectivity index (χ2v) is 6.05. The minimum atomic E-state index is -0.294. The van der Waals surface area contributed by atoms with Crippen LogP contribution in [0.25, 0.3) is 4.85 Å². The van der Waals surface area contributed by atoms with Crippen molar-refractivity contribution >= 4 is 17.5 Å². The molecule has 0 aliphatic carbocycles. The van der Waals surface area contributed by atoms with Gasteiger partial charge < -0.3 is 0 Å². The molecule has 0 N–H and O–H groups in total. The highest BCUT2D eigenvalue weighted by Crippen LogP contribution is 2.30. The minimum absolute atomic E-state index is 0.130. The highest BCUT2D eigenvalue weighted by molar-refractivity contribution is 6.21. The number of fused-ring (bicyclic) bond motifs is 1. The van der Waals surface area contributed by atoms with Gasteiger partial charge in [0, 0.05) is 6.54 Å². The first kappa shape index (κ1) is 15.9. The molecule has 0 saturated heterocycles. The summed E-state index contributed by atoms with van der Waals surface area (Å²) in [7, 11) is 0. The average molecular weight is 318 g/mol. The zero-order valence-electron chi connectivity index (χ0n) is 13.7. The van der Waals surface area contributed by atoms with Gasteiger partial charge in [-0.2, -0.15) is 0 Å². The van der Waals surface area contributed by atoms with Gasteiger partial charge in [-0.05, 0) is 30.0 Å². The number of rotatable bonds is 4. The van der Waals surface area contributed by atoms with Gasteiger partial charge in [-0.1, -0.05) is 49.7 Å². The molecule has 1 aliphatic rings. The highest BCUT2D eigenvalue weighted by atomic mass is 16.2. The Morgan fingerprint density at radius 2 is 1.71 bits per heavy atom. The quantitative estimate of drug-likeness (QED) is 0.613. The van der Waals surface area contributed by atoms with E-state index in [0.717, 1.165) is 12.0 Å². The smallest absolute Gasteiger partial charge is 0.261 e. The standard InChI is InChI=1S/C20H18N2O2/c1-4-13(2)14-9-10-15(18(11-14)21-3)12-22-19(23)16-7-5-6-8-17(16)20(22)24/h5-11,13H,4,12H2,1-2H3. The van der Waals surface area contributed by atoms with Crippen LogP contribution in [-0.2, 0) is 6.54 Å². The Labute approximate surface area is 141 Å². The van der Waals surface area contributed by atoms with Gasteiger partial charge in [0.25, 0.3) is 11.8 Å². The number of carbonyl (C=O) groups is 2. The van der Waals surface area contributed by atoms with E-state index >= 15 is 0 Å². The molecule has 0 radical (unpaired) electrons. The van der Waals surface area contributed by atoms with Crippen LogP contribution in [-0.4, -0.2) is 16.7 Å². The topological polar surface area (TPSA) is 41.7 Å². The van der Waals surface area contributed by atoms with E-state index in [1.165, 1.54) is 4.90 Å². The van der Waals surface area contributed by atoms with Gasteiger partial charge in [0.05, 0.1) is 17.7 Å². The van der Waals surface area contributed by atoms with E-state index in [4.69, 9.17) is 6.57 Å². The molecular weight excluding hydrogens is 300 g/mol. The first-order valence-corrected chi connectivity index (χ1v) is 8.02. The van der Waals surface area contributed by atoms with Crippen LogP contribution in [0.1, 0.15) is 58.0 Å². The Morgan fingerprint density at radius 1 is 1.08 bits per heavy atom. The van der Waals surface area contributed by atoms with E-state index in [1.807, 2.05) is 18.2 Å². The van der Waals surface area contributed by atoms with E-state index in [9.17, 15) is 9.59 Å². The largest absolute Gasteiger partial charge is 0.271 e. The number of imide groups is 1. The van der Waals surface area contributed by atoms with Gasteiger partial charge in [0.2, 0.25) is 0 Å². The van der Waals surface area contributed by atoms with E-state index in [2.05, 4.69) is 18.7 Å². The van der Waals surface area contributed by atoms with Gasteiger partial charge >= 0.3 is 0 Å². The maximum atomic E-state index is 12.5. The lowest BCUT2D eigenvalue weighted by molar-refractivity contribution is 0.0642. The maximum Gasteiger partial charge on any atom is 0.261 e. The van der Waals surface area contributed by atoms with Gasteiger partial charge in [0.15, 0.2) is 5.69 Å². The van der Waals surface area contributed by atoms with E-state index in [1.54, 1.807) is 24.3 Å². The molecule has 1 heterocycles. The van der Waals surface area contributed by atoms with E-state index in [0.29, 0.717) is 28.3 Å². The fourth-order valence-electron chi connectivity index (χ4n) is 2.91. The molecule has 120 valence electrons. The zero-order chi connectivity index (χ0) is 17.3. The van der Waals surface area contributed by atoms with Gasteiger partial charge in [-0.25, -0.2) is 4.85 Å². The average Bonchev–Trinajstić information content (AvgIpc) is 2.86. The number of hydrogen-bond donors (Lipinski definition) is 0. The molecule has 3 rings (SSSR count). The predicted molar refractivity (Wildman–Crippen MR) is 92.1 cm³/mol. The number of nitrogens with zero attached hydrogens (tertiary/aromatic N) is 2. The Balaban J connectivity index is 1.91. The van der Waals surface area contributed by atoms with Crippen LogP contribution in [0.4, 0.5) is 5.69 Å². The summed E-state index contributed by atoms with van der Waals surface area (Å²) in [5.74, 6) is -0.214. The maximum absolute atomic E-state index is 12.5. The fraction of sp³-hybridized carbons (Fsp3) is 0.250. The highest BCUT2D eigenvalue weighted by Gasteiger charge is 2.35. The number of amides is 2. The van der Waals surface area contributed by atoms with Crippen LogP contribution < -0.4 is 0 Å². The van der Waals surface area contributed by atoms with Crippen molar-refractivity contribution < 1.29 is 9.59 Å². The third-order valence-electron chi connectivity index (χ3n) is 4.62. The Morgan fingerprint density at radius 3 is 2.25 bits per heavy atom. The van der Waals surface area contributed by atoms with Crippen molar-refractivity contribution in [2.75, 3.05) is 0 Å². The van der Waals surface area contributed by atoms with E-state index in [-0.39, 0.29) is 18.4 Å². The summed E-state index contributed by atoms with van der Waals surface area (Å²) >= 11 is 0. The summed E-state index contributed by atoms with van der Waals surface area (Å²) in [6, 6.07) is 12.5. The molecule has 1 unspecified atom stereocenters. The first-order chi connectivity index (χ1) is 11.6. The minimum Gasteiger partial charge on any atom is -0.271 e. The second-order valence-electron chi connectivity index (χ2n) is 6.05. The summed E-state index contributed by atoms with van der Waals surface area (Å²) < 4.78 is 0. The van der Waals surface area contributed by atoms with Gasteiger partial charge in [0.1, 0.15) is 0 Å². The van der Waals surface area contributed by atoms with Crippen LogP contribution in [0, 0.1) is 6.57 Å². The third kappa shape index (κ3) is 2.59. The molecule has 4 heteroatoms. The molecule has 24 heavy (non-hydrogen) atoms. The molecule has 0 bridgehead atoms. The first-order valence-electron chi connectivity index (χ1n) is 8.02. The Kier molecular flexibility index (Phi) is 4.18. The monoisotopic (exact) mass is 318 g/mol. The van der Waals surface area contributed by atoms with Crippen LogP contribution in [0.15, 0.2) is 42.5 Å². The lowest BCUT2D eigenvalue weighted by Gasteiger charge is -2.17. The summed E-state index contributed by atoms with van der Waals surface area (Å²) in [5, 5.41) is 0. The lowest BCUT2D eigenvalue weighted by Crippen LogP contribution is -2.29. The molecule has 2 aromatic rings. The molecule has 2 aromatic carbocycles. The van der Waals surface area contributed by atoms with Crippen LogP contribution >= 0.6 is 0 Å². The number of benzene rings is 2. The van der Waals surface area contributed by atoms with Crippen molar-refractivity contribution in [2.45, 2.75) is 32.7 Å². The van der Waals surface area contributed by atoms with Crippen molar-refractivity contribution in [2.24, 2.45) is 0 Å². The SMILES string of the molecule is [C-]#[N+]c1cc(C(C)CC)ccc1CN1C(=O)c2ccccc2C1=O. The summed E-state index contributed by atoms with van der Waals surface area (Å²) in [5.41, 5.74) is 3.18. The normalized spacial score (nSPS) is 14.5. The van der Waals surface area contributed by atoms with Crippen molar-refractivity contribution in [1.29, 1.82) is 0 Å². The van der Waals surface area contributed by atoms with Gasteiger partial charge in [-0.15, -0.1) is 0 Å². The predicted octanol–water partition coefficient (Wildman–Crippen LogP) is 4.55. The second kappa shape index (κ2) is 6.29. The van der Waals surface area contributed by atoms with Gasteiger partial charge in [-0.3, -0.25) is 14.5 Å². The zero-order valence-corrected chi connectivity index (χ0v) is 13.7. The molecule has 1 atom stereocenters. The van der Waals surface area contributed by atoms with Crippen molar-refractivity contribution in [1.82, 2.24) is 4.90 Å². The van der Waals surface area contributed by atoms with Crippen molar-refractivity contribution in [3.8, 4) is 0 Å². The van der Waals surface area contributed by atoms with Crippen LogP contribution in [0.2, 0.25) is 0 Å². The molecule has 0 aromatic heterocycles. The van der Waals surface area contributed by atoms with Crippen molar-refractivity contribution in [3.05, 3.63) is 76.1 Å². The van der Waals surface area contributed by atoms with Crippen LogP contribution in [0.5, 0.6) is 0 Å². The number of hydrogen-bond acceptors (Lipinski definition) is 2. The molecule has 0 saturated carbocycles. The Bertz CT molecular complexity index is 829. The molecular formula is C20H18N2O2. The van der Waals surface area contributed by atoms with E-state index < -0.39 is 0 Å². The Hall–Kier alpha value is -2.93. The molecule has 2 amide bonds. The lowest BCUT2D eigenvalue weighted by atomic mass is 9.96. The summed E-state index contributed by atoms with van der Waals surface area (Å²) in [6.45, 7) is 11.8. The van der Waals surface area contributed by atoms with Crippen molar-refractivity contribution in [3.63, 3.8) is 0 Å². The molecule has 1 aliphatic heterocycles. The third-order valence-corrected chi connectivity index (χ3v) is 4.62. The number of carbonyl (C=O) groups excluding carboxylic acids is 2. The summed E-state index contributed by atoms with van der Waals surface area (Å²) in [6.07, 6.45) is 0.995. The fourth-order valence-corrected chi connectivity index (χ4v) is 2.91. The summed E-state index contributed by atoms with van der Waals surface area (Å²) in [4.78, 5) is 29.7. The molecule has 0 spiro atoms. The van der Waals surface area contributed by atoms with Crippen LogP contribution in [0.3, 0.4) is 0 Å².